The topological polar surface area (TPSA) is 75.9 Å². The SMILES string of the molecule is CC(C)c1nc2cc(NC(=O)[C@@H]3CCCN(c4ccc(Cl)nn4)C3)ccc2n1C. The molecule has 4 rings (SSSR count). The molecule has 1 N–H and O–H groups in total. The summed E-state index contributed by atoms with van der Waals surface area (Å²) in [5, 5.41) is 11.5. The molecule has 3 heterocycles. The van der Waals surface area contributed by atoms with Crippen molar-refractivity contribution >= 4 is 40.0 Å². The maximum Gasteiger partial charge on any atom is 0.229 e. The van der Waals surface area contributed by atoms with Crippen molar-refractivity contribution in [3.63, 3.8) is 0 Å². The van der Waals surface area contributed by atoms with Gasteiger partial charge in [-0.2, -0.15) is 0 Å². The summed E-state index contributed by atoms with van der Waals surface area (Å²) in [5.41, 5.74) is 2.74. The molecule has 0 spiro atoms. The first-order chi connectivity index (χ1) is 13.9. The number of nitrogens with zero attached hydrogens (tertiary/aromatic N) is 5. The molecule has 152 valence electrons. The molecule has 2 aromatic heterocycles. The lowest BCUT2D eigenvalue weighted by Crippen LogP contribution is -2.41. The van der Waals surface area contributed by atoms with Crippen LogP contribution in [0.5, 0.6) is 0 Å². The van der Waals surface area contributed by atoms with Crippen LogP contribution in [0.3, 0.4) is 0 Å². The van der Waals surface area contributed by atoms with Gasteiger partial charge in [-0.3, -0.25) is 4.79 Å². The molecular formula is C21H25ClN6O. The molecule has 7 nitrogen and oxygen atoms in total. The number of carbonyl (C=O) groups excluding carboxylic acids is 1. The van der Waals surface area contributed by atoms with Gasteiger partial charge >= 0.3 is 0 Å². The number of hydrogen-bond acceptors (Lipinski definition) is 5. The maximum absolute atomic E-state index is 12.9. The molecule has 1 aromatic carbocycles. The largest absolute Gasteiger partial charge is 0.354 e. The highest BCUT2D eigenvalue weighted by molar-refractivity contribution is 6.29. The number of aryl methyl sites for hydroxylation is 1. The second-order valence-electron chi connectivity index (χ2n) is 7.88. The molecule has 0 saturated carbocycles. The van der Waals surface area contributed by atoms with E-state index in [4.69, 9.17) is 16.6 Å². The van der Waals surface area contributed by atoms with Crippen LogP contribution in [0, 0.1) is 5.92 Å². The number of hydrogen-bond donors (Lipinski definition) is 1. The third-order valence-electron chi connectivity index (χ3n) is 5.43. The van der Waals surface area contributed by atoms with Crippen molar-refractivity contribution in [2.45, 2.75) is 32.6 Å². The van der Waals surface area contributed by atoms with Crippen molar-refractivity contribution in [2.24, 2.45) is 13.0 Å². The van der Waals surface area contributed by atoms with Crippen molar-refractivity contribution < 1.29 is 4.79 Å². The highest BCUT2D eigenvalue weighted by atomic mass is 35.5. The van der Waals surface area contributed by atoms with Crippen LogP contribution in [0.1, 0.15) is 38.4 Å². The molecule has 1 fully saturated rings. The minimum atomic E-state index is -0.105. The summed E-state index contributed by atoms with van der Waals surface area (Å²) >= 11 is 5.83. The Morgan fingerprint density at radius 3 is 2.79 bits per heavy atom. The van der Waals surface area contributed by atoms with Crippen LogP contribution >= 0.6 is 11.6 Å². The smallest absolute Gasteiger partial charge is 0.229 e. The second-order valence-corrected chi connectivity index (χ2v) is 8.26. The van der Waals surface area contributed by atoms with E-state index in [1.807, 2.05) is 31.3 Å². The number of amides is 1. The van der Waals surface area contributed by atoms with Gasteiger partial charge in [0, 0.05) is 31.7 Å². The second kappa shape index (κ2) is 7.99. The molecule has 0 unspecified atom stereocenters. The number of nitrogens with one attached hydrogen (secondary N) is 1. The number of fused-ring (bicyclic) bond motifs is 1. The van der Waals surface area contributed by atoms with Gasteiger partial charge in [0.15, 0.2) is 11.0 Å². The van der Waals surface area contributed by atoms with Crippen molar-refractivity contribution in [3.05, 3.63) is 41.3 Å². The van der Waals surface area contributed by atoms with E-state index in [9.17, 15) is 4.79 Å². The highest BCUT2D eigenvalue weighted by Gasteiger charge is 2.27. The van der Waals surface area contributed by atoms with E-state index in [0.29, 0.717) is 17.6 Å². The third kappa shape index (κ3) is 4.05. The number of aromatic nitrogens is 4. The molecule has 1 atom stereocenters. The Bertz CT molecular complexity index is 1030. The molecule has 0 radical (unpaired) electrons. The van der Waals surface area contributed by atoms with Gasteiger partial charge in [-0.05, 0) is 43.2 Å². The molecule has 0 aliphatic carbocycles. The Balaban J connectivity index is 1.47. The molecule has 1 aliphatic heterocycles. The predicted molar refractivity (Wildman–Crippen MR) is 115 cm³/mol. The van der Waals surface area contributed by atoms with E-state index in [-0.39, 0.29) is 11.8 Å². The maximum atomic E-state index is 12.9. The summed E-state index contributed by atoms with van der Waals surface area (Å²) in [4.78, 5) is 19.7. The molecule has 0 bridgehead atoms. The van der Waals surface area contributed by atoms with Gasteiger partial charge in [-0.25, -0.2) is 4.98 Å². The van der Waals surface area contributed by atoms with Crippen LogP contribution in [0.25, 0.3) is 11.0 Å². The molecule has 1 aliphatic rings. The highest BCUT2D eigenvalue weighted by Crippen LogP contribution is 2.26. The summed E-state index contributed by atoms with van der Waals surface area (Å²) in [5.74, 6) is 2.05. The summed E-state index contributed by atoms with van der Waals surface area (Å²) in [6.07, 6.45) is 1.78. The number of halogens is 1. The van der Waals surface area contributed by atoms with E-state index in [1.165, 1.54) is 0 Å². The van der Waals surface area contributed by atoms with Crippen LogP contribution in [-0.2, 0) is 11.8 Å². The van der Waals surface area contributed by atoms with Crippen LogP contribution in [0.2, 0.25) is 5.15 Å². The van der Waals surface area contributed by atoms with E-state index in [2.05, 4.69) is 38.8 Å². The first-order valence-electron chi connectivity index (χ1n) is 9.94. The van der Waals surface area contributed by atoms with Crippen LogP contribution in [0.15, 0.2) is 30.3 Å². The zero-order chi connectivity index (χ0) is 20.5. The van der Waals surface area contributed by atoms with E-state index in [1.54, 1.807) is 6.07 Å². The minimum Gasteiger partial charge on any atom is -0.354 e. The van der Waals surface area contributed by atoms with Gasteiger partial charge in [-0.1, -0.05) is 25.4 Å². The van der Waals surface area contributed by atoms with Gasteiger partial charge in [0.25, 0.3) is 0 Å². The molecule has 1 amide bonds. The average Bonchev–Trinajstić information content (AvgIpc) is 3.05. The van der Waals surface area contributed by atoms with Crippen molar-refractivity contribution in [1.29, 1.82) is 0 Å². The molecular weight excluding hydrogens is 388 g/mol. The van der Waals surface area contributed by atoms with Gasteiger partial charge in [0.1, 0.15) is 5.82 Å². The first-order valence-corrected chi connectivity index (χ1v) is 10.3. The standard InChI is InChI=1S/C21H25ClN6O/c1-13(2)20-24-16-11-15(6-7-17(16)27(20)3)23-21(29)14-5-4-10-28(12-14)19-9-8-18(22)25-26-19/h6-9,11,13-14H,4-5,10,12H2,1-3H3,(H,23,29)/t14-/m1/s1. The fourth-order valence-electron chi connectivity index (χ4n) is 3.93. The normalized spacial score (nSPS) is 17.1. The van der Waals surface area contributed by atoms with Crippen LogP contribution in [0.4, 0.5) is 11.5 Å². The third-order valence-corrected chi connectivity index (χ3v) is 5.64. The Morgan fingerprint density at radius 2 is 2.07 bits per heavy atom. The van der Waals surface area contributed by atoms with Crippen LogP contribution < -0.4 is 10.2 Å². The lowest BCUT2D eigenvalue weighted by molar-refractivity contribution is -0.120. The molecule has 29 heavy (non-hydrogen) atoms. The summed E-state index contributed by atoms with van der Waals surface area (Å²) in [7, 11) is 2.03. The lowest BCUT2D eigenvalue weighted by Gasteiger charge is -2.32. The van der Waals surface area contributed by atoms with Gasteiger partial charge in [0.2, 0.25) is 5.91 Å². The Labute approximate surface area is 175 Å². The Hall–Kier alpha value is -2.67. The van der Waals surface area contributed by atoms with Crippen LogP contribution in [-0.4, -0.2) is 38.7 Å². The number of anilines is 2. The summed E-state index contributed by atoms with van der Waals surface area (Å²) < 4.78 is 2.11. The predicted octanol–water partition coefficient (Wildman–Crippen LogP) is 4.00. The van der Waals surface area contributed by atoms with Gasteiger partial charge < -0.3 is 14.8 Å². The number of benzene rings is 1. The number of carbonyl (C=O) groups is 1. The molecule has 1 saturated heterocycles. The zero-order valence-corrected chi connectivity index (χ0v) is 17.6. The molecule has 8 heteroatoms. The lowest BCUT2D eigenvalue weighted by atomic mass is 9.97. The quantitative estimate of drug-likeness (QED) is 0.701. The number of piperidine rings is 1. The number of imidazole rings is 1. The Kier molecular flexibility index (Phi) is 5.41. The monoisotopic (exact) mass is 412 g/mol. The van der Waals surface area contributed by atoms with Crippen molar-refractivity contribution in [3.8, 4) is 0 Å². The number of rotatable bonds is 4. The van der Waals surface area contributed by atoms with E-state index in [0.717, 1.165) is 47.7 Å². The van der Waals surface area contributed by atoms with Gasteiger partial charge in [0.05, 0.1) is 17.0 Å². The van der Waals surface area contributed by atoms with Gasteiger partial charge in [-0.15, -0.1) is 10.2 Å². The summed E-state index contributed by atoms with van der Waals surface area (Å²) in [6.45, 7) is 5.73. The van der Waals surface area contributed by atoms with Crippen molar-refractivity contribution in [2.75, 3.05) is 23.3 Å². The van der Waals surface area contributed by atoms with Crippen molar-refractivity contribution in [1.82, 2.24) is 19.7 Å². The summed E-state index contributed by atoms with van der Waals surface area (Å²) in [6, 6.07) is 9.47. The first kappa shape index (κ1) is 19.6. The van der Waals surface area contributed by atoms with E-state index >= 15 is 0 Å². The molecule has 3 aromatic rings. The van der Waals surface area contributed by atoms with E-state index < -0.39 is 0 Å². The minimum absolute atomic E-state index is 0.0241. The fraction of sp³-hybridized carbons (Fsp3) is 0.429. The fourth-order valence-corrected chi connectivity index (χ4v) is 4.03. The Morgan fingerprint density at radius 1 is 1.24 bits per heavy atom. The zero-order valence-electron chi connectivity index (χ0n) is 16.9. The average molecular weight is 413 g/mol.